The summed E-state index contributed by atoms with van der Waals surface area (Å²) in [6, 6.07) is -0.331. The van der Waals surface area contributed by atoms with Gasteiger partial charge in [0.25, 0.3) is 0 Å². The Balaban J connectivity index is 1.59. The Kier molecular flexibility index (Phi) is 9.22. The molecular weight excluding hydrogens is 508 g/mol. The minimum absolute atomic E-state index is 0.208. The Bertz CT molecular complexity index is 780. The second kappa shape index (κ2) is 11.2. The molecule has 0 aromatic carbocycles. The van der Waals surface area contributed by atoms with Gasteiger partial charge in [0, 0.05) is 16.8 Å². The first-order valence-electron chi connectivity index (χ1n) is 11.3. The standard InChI is InChI=1S/C20H31Cl2F3N2O5S/c21-11-8-16(22)18(19(28)27-12-2-1-3-15(10-12)33(26,29)30)17(9-11)31-13-4-6-14(7-5-13)32-20(23,24)25/h11-18H,1-10H2,(H,27,28)(H2,26,29,30). The molecule has 6 atom stereocenters. The van der Waals surface area contributed by atoms with E-state index in [1.54, 1.807) is 0 Å². The van der Waals surface area contributed by atoms with Gasteiger partial charge in [0.1, 0.15) is 0 Å². The number of ether oxygens (including phenoxy) is 2. The number of amides is 1. The first kappa shape index (κ1) is 27.3. The molecule has 0 radical (unpaired) electrons. The summed E-state index contributed by atoms with van der Waals surface area (Å²) in [4.78, 5) is 13.2. The van der Waals surface area contributed by atoms with Crippen molar-refractivity contribution in [3.8, 4) is 0 Å². The molecule has 13 heteroatoms. The summed E-state index contributed by atoms with van der Waals surface area (Å²) in [5, 5.41) is 6.66. The third-order valence-corrected chi connectivity index (χ3v) is 8.95. The van der Waals surface area contributed by atoms with Gasteiger partial charge in [-0.1, -0.05) is 6.42 Å². The number of carbonyl (C=O) groups excluding carboxylic acids is 1. The van der Waals surface area contributed by atoms with E-state index in [1.165, 1.54) is 0 Å². The Morgan fingerprint density at radius 3 is 2.21 bits per heavy atom. The largest absolute Gasteiger partial charge is 0.522 e. The topological polar surface area (TPSA) is 108 Å². The maximum absolute atomic E-state index is 13.2. The Morgan fingerprint density at radius 1 is 0.970 bits per heavy atom. The highest BCUT2D eigenvalue weighted by molar-refractivity contribution is 7.89. The lowest BCUT2D eigenvalue weighted by Crippen LogP contribution is -2.53. The lowest BCUT2D eigenvalue weighted by Gasteiger charge is -2.40. The lowest BCUT2D eigenvalue weighted by molar-refractivity contribution is -0.346. The molecule has 3 aliphatic rings. The predicted molar refractivity (Wildman–Crippen MR) is 117 cm³/mol. The van der Waals surface area contributed by atoms with Gasteiger partial charge in [-0.05, 0) is 57.8 Å². The maximum Gasteiger partial charge on any atom is 0.522 e. The molecule has 192 valence electrons. The van der Waals surface area contributed by atoms with Crippen molar-refractivity contribution in [3.63, 3.8) is 0 Å². The Hall–Kier alpha value is -0.330. The number of halogens is 5. The second-order valence-electron chi connectivity index (χ2n) is 9.33. The summed E-state index contributed by atoms with van der Waals surface area (Å²) in [6.07, 6.45) is -2.48. The van der Waals surface area contributed by atoms with E-state index in [4.69, 9.17) is 33.1 Å². The summed E-state index contributed by atoms with van der Waals surface area (Å²) >= 11 is 12.8. The molecule has 33 heavy (non-hydrogen) atoms. The van der Waals surface area contributed by atoms with Crippen molar-refractivity contribution in [2.24, 2.45) is 11.1 Å². The van der Waals surface area contributed by atoms with Crippen molar-refractivity contribution in [3.05, 3.63) is 0 Å². The average molecular weight is 539 g/mol. The minimum Gasteiger partial charge on any atom is -0.374 e. The van der Waals surface area contributed by atoms with Crippen molar-refractivity contribution in [1.82, 2.24) is 5.32 Å². The van der Waals surface area contributed by atoms with E-state index >= 15 is 0 Å². The SMILES string of the molecule is NS(=O)(=O)C1CCCC(NC(=O)C2C(Cl)CC(Cl)CC2OC2CCC(OC(F)(F)F)CC2)C1. The summed E-state index contributed by atoms with van der Waals surface area (Å²) in [6.45, 7) is 0. The van der Waals surface area contributed by atoms with E-state index in [-0.39, 0.29) is 42.7 Å². The maximum atomic E-state index is 13.2. The van der Waals surface area contributed by atoms with Crippen molar-refractivity contribution in [2.45, 2.75) is 111 Å². The van der Waals surface area contributed by atoms with E-state index in [1.807, 2.05) is 0 Å². The quantitative estimate of drug-likeness (QED) is 0.502. The molecule has 3 rings (SSSR count). The molecule has 3 N–H and O–H groups in total. The van der Waals surface area contributed by atoms with Crippen LogP contribution in [0.3, 0.4) is 0 Å². The molecule has 0 spiro atoms. The molecule has 3 aliphatic carbocycles. The minimum atomic E-state index is -4.66. The van der Waals surface area contributed by atoms with Gasteiger partial charge < -0.3 is 10.1 Å². The fraction of sp³-hybridized carbons (Fsp3) is 0.950. The number of rotatable bonds is 6. The number of sulfonamides is 1. The molecule has 0 heterocycles. The molecule has 6 unspecified atom stereocenters. The van der Waals surface area contributed by atoms with Gasteiger partial charge in [0.05, 0.1) is 29.5 Å². The number of primary sulfonamides is 1. The van der Waals surface area contributed by atoms with E-state index in [0.717, 1.165) is 0 Å². The van der Waals surface area contributed by atoms with Crippen LogP contribution in [0.1, 0.15) is 64.2 Å². The van der Waals surface area contributed by atoms with Gasteiger partial charge in [-0.25, -0.2) is 13.6 Å². The van der Waals surface area contributed by atoms with Crippen LogP contribution < -0.4 is 10.5 Å². The van der Waals surface area contributed by atoms with Crippen molar-refractivity contribution < 1.29 is 35.9 Å². The third-order valence-electron chi connectivity index (χ3n) is 6.79. The number of alkyl halides is 5. The van der Waals surface area contributed by atoms with Gasteiger partial charge in [-0.2, -0.15) is 0 Å². The molecule has 7 nitrogen and oxygen atoms in total. The van der Waals surface area contributed by atoms with Crippen molar-refractivity contribution in [1.29, 1.82) is 0 Å². The summed E-state index contributed by atoms with van der Waals surface area (Å²) < 4.78 is 71.1. The van der Waals surface area contributed by atoms with Crippen LogP contribution in [0.2, 0.25) is 0 Å². The molecule has 0 aromatic heterocycles. The van der Waals surface area contributed by atoms with Crippen LogP contribution in [0.25, 0.3) is 0 Å². The molecule has 0 aromatic rings. The summed E-state index contributed by atoms with van der Waals surface area (Å²) in [5.74, 6) is -1.02. The zero-order chi connectivity index (χ0) is 24.4. The monoisotopic (exact) mass is 538 g/mol. The lowest BCUT2D eigenvalue weighted by atomic mass is 9.83. The molecular formula is C20H31Cl2F3N2O5S. The zero-order valence-electron chi connectivity index (χ0n) is 18.1. The highest BCUT2D eigenvalue weighted by Crippen LogP contribution is 2.37. The summed E-state index contributed by atoms with van der Waals surface area (Å²) in [5.41, 5.74) is 0. The summed E-state index contributed by atoms with van der Waals surface area (Å²) in [7, 11) is -3.68. The van der Waals surface area contributed by atoms with Crippen molar-refractivity contribution in [2.75, 3.05) is 0 Å². The zero-order valence-corrected chi connectivity index (χ0v) is 20.4. The van der Waals surface area contributed by atoms with Crippen LogP contribution >= 0.6 is 23.2 Å². The fourth-order valence-corrected chi connectivity index (χ4v) is 7.13. The van der Waals surface area contributed by atoms with Crippen LogP contribution in [0.4, 0.5) is 13.2 Å². The van der Waals surface area contributed by atoms with E-state index in [9.17, 15) is 26.4 Å². The van der Waals surface area contributed by atoms with E-state index in [2.05, 4.69) is 10.1 Å². The number of nitrogens with one attached hydrogen (secondary N) is 1. The van der Waals surface area contributed by atoms with Crippen LogP contribution in [0, 0.1) is 5.92 Å². The fourth-order valence-electron chi connectivity index (χ4n) is 5.19. The third kappa shape index (κ3) is 8.10. The molecule has 1 amide bonds. The normalized spacial score (nSPS) is 38.6. The molecule has 3 fully saturated rings. The molecule has 0 saturated heterocycles. The number of nitrogens with two attached hydrogens (primary N) is 1. The highest BCUT2D eigenvalue weighted by atomic mass is 35.5. The van der Waals surface area contributed by atoms with Gasteiger partial charge in [-0.15, -0.1) is 36.4 Å². The molecule has 0 bridgehead atoms. The first-order valence-corrected chi connectivity index (χ1v) is 13.8. The van der Waals surface area contributed by atoms with Gasteiger partial charge >= 0.3 is 6.36 Å². The second-order valence-corrected chi connectivity index (χ2v) is 12.4. The van der Waals surface area contributed by atoms with Gasteiger partial charge in [-0.3, -0.25) is 9.53 Å². The van der Waals surface area contributed by atoms with Crippen LogP contribution in [0.15, 0.2) is 0 Å². The van der Waals surface area contributed by atoms with Gasteiger partial charge in [0.15, 0.2) is 0 Å². The van der Waals surface area contributed by atoms with E-state index in [0.29, 0.717) is 44.9 Å². The van der Waals surface area contributed by atoms with Crippen LogP contribution in [-0.4, -0.2) is 61.0 Å². The highest BCUT2D eigenvalue weighted by Gasteiger charge is 2.44. The smallest absolute Gasteiger partial charge is 0.374 e. The van der Waals surface area contributed by atoms with Crippen LogP contribution in [0.5, 0.6) is 0 Å². The Morgan fingerprint density at radius 2 is 1.61 bits per heavy atom. The molecule has 3 saturated carbocycles. The average Bonchev–Trinajstić information content (AvgIpc) is 2.67. The van der Waals surface area contributed by atoms with Crippen LogP contribution in [-0.2, 0) is 24.3 Å². The van der Waals surface area contributed by atoms with Gasteiger partial charge in [0.2, 0.25) is 15.9 Å². The predicted octanol–water partition coefficient (Wildman–Crippen LogP) is 3.56. The van der Waals surface area contributed by atoms with Crippen molar-refractivity contribution >= 4 is 39.1 Å². The molecule has 0 aliphatic heterocycles. The number of hydrogen-bond donors (Lipinski definition) is 2. The Labute approximate surface area is 202 Å². The number of hydrogen-bond acceptors (Lipinski definition) is 5. The first-order chi connectivity index (χ1) is 15.3. The number of carbonyl (C=O) groups is 1. The van der Waals surface area contributed by atoms with E-state index < -0.39 is 45.1 Å².